The van der Waals surface area contributed by atoms with E-state index in [1.165, 1.54) is 18.2 Å². The molecule has 0 spiro atoms. The molecule has 0 unspecified atom stereocenters. The fourth-order valence-corrected chi connectivity index (χ4v) is 3.16. The van der Waals surface area contributed by atoms with Crippen molar-refractivity contribution in [1.82, 2.24) is 0 Å². The summed E-state index contributed by atoms with van der Waals surface area (Å²) in [6.07, 6.45) is 0. The van der Waals surface area contributed by atoms with Crippen LogP contribution in [0.25, 0.3) is 22.3 Å². The zero-order valence-electron chi connectivity index (χ0n) is 16.3. The van der Waals surface area contributed by atoms with E-state index in [-0.39, 0.29) is 28.2 Å². The third kappa shape index (κ3) is 3.93. The van der Waals surface area contributed by atoms with Crippen LogP contribution >= 0.6 is 0 Å². The highest BCUT2D eigenvalue weighted by Crippen LogP contribution is 2.34. The lowest BCUT2D eigenvalue weighted by molar-refractivity contribution is 0.304. The number of aromatic hydroxyl groups is 2. The van der Waals surface area contributed by atoms with Gasteiger partial charge in [0.1, 0.15) is 34.8 Å². The van der Waals surface area contributed by atoms with Gasteiger partial charge in [0.05, 0.1) is 6.61 Å². The third-order valence-electron chi connectivity index (χ3n) is 4.57. The van der Waals surface area contributed by atoms with Gasteiger partial charge in [-0.3, -0.25) is 4.79 Å². The van der Waals surface area contributed by atoms with Crippen LogP contribution in [0.5, 0.6) is 23.0 Å². The predicted octanol–water partition coefficient (Wildman–Crippen LogP) is 4.85. The summed E-state index contributed by atoms with van der Waals surface area (Å²) in [5.74, 6) is 0.702. The summed E-state index contributed by atoms with van der Waals surface area (Å²) in [5, 5.41) is 20.5. The van der Waals surface area contributed by atoms with Crippen LogP contribution in [0.3, 0.4) is 0 Å². The van der Waals surface area contributed by atoms with Crippen molar-refractivity contribution in [1.29, 1.82) is 0 Å². The van der Waals surface area contributed by atoms with Gasteiger partial charge in [0.2, 0.25) is 0 Å². The Labute approximate surface area is 172 Å². The number of benzene rings is 3. The highest BCUT2D eigenvalue weighted by Gasteiger charge is 2.14. The average molecular weight is 404 g/mol. The molecular weight excluding hydrogens is 384 g/mol. The Morgan fingerprint density at radius 3 is 2.43 bits per heavy atom. The number of rotatable bonds is 6. The smallest absolute Gasteiger partial charge is 0.197 e. The molecule has 1 aromatic heterocycles. The predicted molar refractivity (Wildman–Crippen MR) is 113 cm³/mol. The molecule has 1 heterocycles. The van der Waals surface area contributed by atoms with Gasteiger partial charge >= 0.3 is 0 Å². The van der Waals surface area contributed by atoms with E-state index in [0.717, 1.165) is 5.56 Å². The van der Waals surface area contributed by atoms with Crippen LogP contribution in [-0.4, -0.2) is 16.8 Å². The van der Waals surface area contributed by atoms with Gasteiger partial charge in [-0.15, -0.1) is 0 Å². The molecule has 0 saturated carbocycles. The van der Waals surface area contributed by atoms with Crippen LogP contribution in [0.15, 0.2) is 75.9 Å². The van der Waals surface area contributed by atoms with Crippen molar-refractivity contribution in [2.75, 3.05) is 6.61 Å². The van der Waals surface area contributed by atoms with Crippen molar-refractivity contribution in [3.8, 4) is 34.3 Å². The number of fused-ring (bicyclic) bond motifs is 1. The maximum absolute atomic E-state index is 12.6. The lowest BCUT2D eigenvalue weighted by atomic mass is 10.1. The van der Waals surface area contributed by atoms with Crippen molar-refractivity contribution in [3.05, 3.63) is 82.5 Å². The highest BCUT2D eigenvalue weighted by molar-refractivity contribution is 5.86. The molecule has 152 valence electrons. The van der Waals surface area contributed by atoms with Gasteiger partial charge in [0.15, 0.2) is 16.9 Å². The van der Waals surface area contributed by atoms with Crippen LogP contribution in [0, 0.1) is 0 Å². The van der Waals surface area contributed by atoms with Gasteiger partial charge in [-0.05, 0) is 30.7 Å². The fourth-order valence-electron chi connectivity index (χ4n) is 3.16. The summed E-state index contributed by atoms with van der Waals surface area (Å²) in [6, 6.07) is 18.6. The summed E-state index contributed by atoms with van der Waals surface area (Å²) >= 11 is 0. The summed E-state index contributed by atoms with van der Waals surface area (Å²) in [7, 11) is 0. The molecule has 0 aliphatic carbocycles. The largest absolute Gasteiger partial charge is 0.507 e. The van der Waals surface area contributed by atoms with Gasteiger partial charge < -0.3 is 24.1 Å². The number of hydrogen-bond donors (Lipinski definition) is 2. The number of phenolic OH excluding ortho intramolecular Hbond substituents is 2. The molecule has 30 heavy (non-hydrogen) atoms. The Morgan fingerprint density at radius 1 is 0.900 bits per heavy atom. The van der Waals surface area contributed by atoms with E-state index in [0.29, 0.717) is 30.3 Å². The monoisotopic (exact) mass is 404 g/mol. The van der Waals surface area contributed by atoms with Crippen LogP contribution in [0.2, 0.25) is 0 Å². The molecule has 0 radical (unpaired) electrons. The zero-order valence-corrected chi connectivity index (χ0v) is 16.3. The molecule has 6 nitrogen and oxygen atoms in total. The van der Waals surface area contributed by atoms with Crippen molar-refractivity contribution >= 4 is 11.0 Å². The van der Waals surface area contributed by atoms with E-state index in [1.54, 1.807) is 18.2 Å². The minimum atomic E-state index is -0.397. The number of ether oxygens (including phenoxy) is 2. The second kappa shape index (κ2) is 8.21. The van der Waals surface area contributed by atoms with Gasteiger partial charge in [-0.25, -0.2) is 0 Å². The van der Waals surface area contributed by atoms with Gasteiger partial charge in [-0.1, -0.05) is 30.3 Å². The second-order valence-corrected chi connectivity index (χ2v) is 6.68. The molecule has 0 aliphatic heterocycles. The Hall–Kier alpha value is -3.93. The Balaban J connectivity index is 1.71. The minimum Gasteiger partial charge on any atom is -0.507 e. The van der Waals surface area contributed by atoms with Crippen molar-refractivity contribution in [2.24, 2.45) is 0 Å². The quantitative estimate of drug-likeness (QED) is 0.478. The Bertz CT molecular complexity index is 1240. The average Bonchev–Trinajstić information content (AvgIpc) is 2.74. The zero-order chi connectivity index (χ0) is 21.1. The fraction of sp³-hybridized carbons (Fsp3) is 0.125. The molecule has 0 saturated heterocycles. The van der Waals surface area contributed by atoms with E-state index in [4.69, 9.17) is 13.9 Å². The minimum absolute atomic E-state index is 0.0557. The normalized spacial score (nSPS) is 10.8. The molecule has 3 aromatic carbocycles. The maximum atomic E-state index is 12.6. The Morgan fingerprint density at radius 2 is 1.70 bits per heavy atom. The standard InChI is InChI=1S/C24H20O6/c1-2-28-21-9-8-16(10-18(21)25)22-13-20(27)24-19(26)11-17(12-23(24)30-22)29-14-15-6-4-3-5-7-15/h3-13,25-26H,2,14H2,1H3. The van der Waals surface area contributed by atoms with Crippen LogP contribution < -0.4 is 14.9 Å². The SMILES string of the molecule is CCOc1ccc(-c2cc(=O)c3c(O)cc(OCc4ccccc4)cc3o2)cc1O. The van der Waals surface area contributed by atoms with Crippen molar-refractivity contribution < 1.29 is 24.1 Å². The van der Waals surface area contributed by atoms with Gasteiger partial charge in [0.25, 0.3) is 0 Å². The first-order valence-corrected chi connectivity index (χ1v) is 9.49. The highest BCUT2D eigenvalue weighted by atomic mass is 16.5. The van der Waals surface area contributed by atoms with Crippen molar-refractivity contribution in [3.63, 3.8) is 0 Å². The topological polar surface area (TPSA) is 89.1 Å². The number of phenols is 2. The third-order valence-corrected chi connectivity index (χ3v) is 4.57. The molecule has 4 aromatic rings. The molecule has 0 atom stereocenters. The lowest BCUT2D eigenvalue weighted by Gasteiger charge is -2.10. The molecule has 0 aliphatic rings. The van der Waals surface area contributed by atoms with Gasteiger partial charge in [0, 0.05) is 23.8 Å². The van der Waals surface area contributed by atoms with E-state index in [1.807, 2.05) is 37.3 Å². The van der Waals surface area contributed by atoms with E-state index in [2.05, 4.69) is 0 Å². The molecule has 0 amide bonds. The van der Waals surface area contributed by atoms with Gasteiger partial charge in [-0.2, -0.15) is 0 Å². The van der Waals surface area contributed by atoms with E-state index >= 15 is 0 Å². The maximum Gasteiger partial charge on any atom is 0.197 e. The summed E-state index contributed by atoms with van der Waals surface area (Å²) in [6.45, 7) is 2.55. The first-order chi connectivity index (χ1) is 14.5. The molecule has 4 rings (SSSR count). The van der Waals surface area contributed by atoms with E-state index < -0.39 is 5.43 Å². The van der Waals surface area contributed by atoms with Crippen LogP contribution in [0.1, 0.15) is 12.5 Å². The Kier molecular flexibility index (Phi) is 5.30. The molecular formula is C24H20O6. The summed E-state index contributed by atoms with van der Waals surface area (Å²) in [5.41, 5.74) is 1.27. The summed E-state index contributed by atoms with van der Waals surface area (Å²) in [4.78, 5) is 12.6. The second-order valence-electron chi connectivity index (χ2n) is 6.68. The van der Waals surface area contributed by atoms with Crippen molar-refractivity contribution in [2.45, 2.75) is 13.5 Å². The van der Waals surface area contributed by atoms with E-state index in [9.17, 15) is 15.0 Å². The van der Waals surface area contributed by atoms with Crippen LogP contribution in [-0.2, 0) is 6.61 Å². The first kappa shape index (κ1) is 19.4. The van der Waals surface area contributed by atoms with Crippen LogP contribution in [0.4, 0.5) is 0 Å². The molecule has 0 fully saturated rings. The first-order valence-electron chi connectivity index (χ1n) is 9.49. The molecule has 2 N–H and O–H groups in total. The molecule has 6 heteroatoms. The summed E-state index contributed by atoms with van der Waals surface area (Å²) < 4.78 is 16.9. The lowest BCUT2D eigenvalue weighted by Crippen LogP contribution is -2.02. The number of hydrogen-bond acceptors (Lipinski definition) is 6. The molecule has 0 bridgehead atoms.